The van der Waals surface area contributed by atoms with Gasteiger partial charge >= 0.3 is 5.97 Å². The van der Waals surface area contributed by atoms with E-state index in [1.165, 1.54) is 19.4 Å². The summed E-state index contributed by atoms with van der Waals surface area (Å²) in [6.07, 6.45) is 2.78. The maximum absolute atomic E-state index is 11.3. The molecule has 0 radical (unpaired) electrons. The molecule has 0 unspecified atom stereocenters. The van der Waals surface area contributed by atoms with E-state index in [0.717, 1.165) is 0 Å². The fourth-order valence-corrected chi connectivity index (χ4v) is 1.51. The monoisotopic (exact) mass is 246 g/mol. The van der Waals surface area contributed by atoms with Crippen LogP contribution in [0, 0.1) is 0 Å². The molecule has 1 aliphatic heterocycles. The average Bonchev–Trinajstić information content (AvgIpc) is 2.39. The Kier molecular flexibility index (Phi) is 3.18. The lowest BCUT2D eigenvalue weighted by Gasteiger charge is -2.09. The molecule has 1 N–H and O–H groups in total. The summed E-state index contributed by atoms with van der Waals surface area (Å²) in [6.45, 7) is -0.153. The lowest BCUT2D eigenvalue weighted by Crippen LogP contribution is -2.21. The SMILES string of the molecule is COc1ccc(C2=NCC(=O)C(C(=O)O)=C2)cn1. The number of carbonyl (C=O) groups excluding carboxylic acids is 1. The lowest BCUT2D eigenvalue weighted by atomic mass is 10.0. The molecule has 6 nitrogen and oxygen atoms in total. The number of Topliss-reactive ketones (excluding diaryl/α,β-unsaturated/α-hetero) is 1. The van der Waals surface area contributed by atoms with Gasteiger partial charge in [0.05, 0.1) is 12.8 Å². The van der Waals surface area contributed by atoms with E-state index in [0.29, 0.717) is 17.2 Å². The van der Waals surface area contributed by atoms with Crippen LogP contribution in [0.5, 0.6) is 5.88 Å². The van der Waals surface area contributed by atoms with Gasteiger partial charge in [0.2, 0.25) is 5.88 Å². The van der Waals surface area contributed by atoms with Crippen molar-refractivity contribution in [1.82, 2.24) is 4.98 Å². The van der Waals surface area contributed by atoms with E-state index in [-0.39, 0.29) is 12.1 Å². The third kappa shape index (κ3) is 2.27. The summed E-state index contributed by atoms with van der Waals surface area (Å²) >= 11 is 0. The number of pyridine rings is 1. The third-order valence-electron chi connectivity index (χ3n) is 2.45. The third-order valence-corrected chi connectivity index (χ3v) is 2.45. The highest BCUT2D eigenvalue weighted by Crippen LogP contribution is 2.13. The molecule has 6 heteroatoms. The smallest absolute Gasteiger partial charge is 0.339 e. The first-order chi connectivity index (χ1) is 8.61. The summed E-state index contributed by atoms with van der Waals surface area (Å²) in [7, 11) is 1.50. The van der Waals surface area contributed by atoms with Gasteiger partial charge in [-0.1, -0.05) is 0 Å². The van der Waals surface area contributed by atoms with Crippen LogP contribution < -0.4 is 4.74 Å². The number of aliphatic imine (C=N–C) groups is 1. The number of methoxy groups -OCH3 is 1. The quantitative estimate of drug-likeness (QED) is 0.783. The van der Waals surface area contributed by atoms with Crippen molar-refractivity contribution in [2.45, 2.75) is 0 Å². The molecular weight excluding hydrogens is 236 g/mol. The molecule has 0 amide bonds. The molecule has 0 fully saturated rings. The molecule has 92 valence electrons. The summed E-state index contributed by atoms with van der Waals surface area (Å²) in [5, 5.41) is 8.88. The van der Waals surface area contributed by atoms with E-state index in [1.54, 1.807) is 12.1 Å². The van der Waals surface area contributed by atoms with Gasteiger partial charge in [-0.15, -0.1) is 0 Å². The Bertz CT molecular complexity index is 558. The van der Waals surface area contributed by atoms with Crippen LogP contribution in [0.25, 0.3) is 0 Å². The second kappa shape index (κ2) is 4.79. The molecule has 2 heterocycles. The Labute approximate surface area is 103 Å². The Hall–Kier alpha value is -2.50. The van der Waals surface area contributed by atoms with E-state index in [4.69, 9.17) is 9.84 Å². The summed E-state index contributed by atoms with van der Waals surface area (Å²) in [5.41, 5.74) is 0.819. The molecular formula is C12H10N2O4. The zero-order valence-corrected chi connectivity index (χ0v) is 9.58. The highest BCUT2D eigenvalue weighted by molar-refractivity contribution is 6.26. The predicted molar refractivity (Wildman–Crippen MR) is 62.9 cm³/mol. The number of nitrogens with zero attached hydrogens (tertiary/aromatic N) is 2. The van der Waals surface area contributed by atoms with Crippen LogP contribution in [-0.4, -0.2) is 41.2 Å². The van der Waals surface area contributed by atoms with Crippen molar-refractivity contribution in [3.8, 4) is 5.88 Å². The summed E-state index contributed by atoms with van der Waals surface area (Å²) in [6, 6.07) is 3.35. The van der Waals surface area contributed by atoms with E-state index in [9.17, 15) is 9.59 Å². The van der Waals surface area contributed by atoms with Crippen molar-refractivity contribution in [2.75, 3.05) is 13.7 Å². The number of dihydropyridines is 1. The molecule has 0 saturated carbocycles. The standard InChI is InChI=1S/C12H10N2O4/c1-18-11-3-2-7(5-14-11)9-4-8(12(16)17)10(15)6-13-9/h2-5H,6H2,1H3,(H,16,17). The van der Waals surface area contributed by atoms with Crippen molar-refractivity contribution >= 4 is 17.5 Å². The molecule has 0 spiro atoms. The summed E-state index contributed by atoms with van der Waals surface area (Å²) < 4.78 is 4.92. The number of hydrogen-bond donors (Lipinski definition) is 1. The number of carboxylic acids is 1. The first-order valence-electron chi connectivity index (χ1n) is 5.15. The highest BCUT2D eigenvalue weighted by atomic mass is 16.5. The molecule has 0 aromatic carbocycles. The normalized spacial score (nSPS) is 14.8. The summed E-state index contributed by atoms with van der Waals surface area (Å²) in [5.74, 6) is -1.28. The minimum absolute atomic E-state index is 0.153. The van der Waals surface area contributed by atoms with E-state index in [1.807, 2.05) is 0 Å². The molecule has 0 saturated heterocycles. The van der Waals surface area contributed by atoms with Crippen LogP contribution in [0.15, 0.2) is 35.0 Å². The van der Waals surface area contributed by atoms with Crippen LogP contribution in [0.3, 0.4) is 0 Å². The van der Waals surface area contributed by atoms with Crippen molar-refractivity contribution < 1.29 is 19.4 Å². The zero-order valence-electron chi connectivity index (χ0n) is 9.58. The number of aromatic nitrogens is 1. The molecule has 1 aliphatic rings. The lowest BCUT2D eigenvalue weighted by molar-refractivity contribution is -0.134. The van der Waals surface area contributed by atoms with Crippen LogP contribution in [0.4, 0.5) is 0 Å². The van der Waals surface area contributed by atoms with Gasteiger partial charge in [0, 0.05) is 17.8 Å². The second-order valence-electron chi connectivity index (χ2n) is 3.58. The fourth-order valence-electron chi connectivity index (χ4n) is 1.51. The second-order valence-corrected chi connectivity index (χ2v) is 3.58. The molecule has 0 atom stereocenters. The Balaban J connectivity index is 2.33. The van der Waals surface area contributed by atoms with Gasteiger partial charge in [0.25, 0.3) is 0 Å². The van der Waals surface area contributed by atoms with Gasteiger partial charge in [-0.25, -0.2) is 9.78 Å². The highest BCUT2D eigenvalue weighted by Gasteiger charge is 2.22. The van der Waals surface area contributed by atoms with Crippen molar-refractivity contribution in [3.63, 3.8) is 0 Å². The number of hydrogen-bond acceptors (Lipinski definition) is 5. The van der Waals surface area contributed by atoms with Gasteiger partial charge in [0.15, 0.2) is 5.78 Å². The van der Waals surface area contributed by atoms with Gasteiger partial charge in [-0.05, 0) is 12.1 Å². The van der Waals surface area contributed by atoms with Crippen molar-refractivity contribution in [1.29, 1.82) is 0 Å². The summed E-state index contributed by atoms with van der Waals surface area (Å²) in [4.78, 5) is 30.2. The van der Waals surface area contributed by atoms with Crippen LogP contribution in [0.2, 0.25) is 0 Å². The average molecular weight is 246 g/mol. The molecule has 0 bridgehead atoms. The van der Waals surface area contributed by atoms with Crippen molar-refractivity contribution in [3.05, 3.63) is 35.5 Å². The molecule has 18 heavy (non-hydrogen) atoms. The molecule has 0 aliphatic carbocycles. The first-order valence-corrected chi connectivity index (χ1v) is 5.15. The number of allylic oxidation sites excluding steroid dienone is 1. The minimum atomic E-state index is -1.24. The number of carboxylic acid groups (broad SMARTS) is 1. The largest absolute Gasteiger partial charge is 0.481 e. The number of ketones is 1. The zero-order chi connectivity index (χ0) is 13.1. The van der Waals surface area contributed by atoms with E-state index in [2.05, 4.69) is 9.98 Å². The predicted octanol–water partition coefficient (Wildman–Crippen LogP) is 0.473. The minimum Gasteiger partial charge on any atom is -0.481 e. The maximum atomic E-state index is 11.3. The van der Waals surface area contributed by atoms with Crippen molar-refractivity contribution in [2.24, 2.45) is 4.99 Å². The fraction of sp³-hybridized carbons (Fsp3) is 0.167. The van der Waals surface area contributed by atoms with Crippen LogP contribution in [-0.2, 0) is 9.59 Å². The first kappa shape index (κ1) is 12.0. The van der Waals surface area contributed by atoms with Gasteiger partial charge < -0.3 is 9.84 Å². The van der Waals surface area contributed by atoms with Gasteiger partial charge in [-0.2, -0.15) is 0 Å². The Morgan fingerprint density at radius 1 is 1.44 bits per heavy atom. The topological polar surface area (TPSA) is 88.8 Å². The number of aliphatic carboxylic acids is 1. The molecule has 1 aromatic heterocycles. The molecule has 1 aromatic rings. The number of ether oxygens (including phenoxy) is 1. The van der Waals surface area contributed by atoms with Crippen LogP contribution in [0.1, 0.15) is 5.56 Å². The molecule has 2 rings (SSSR count). The van der Waals surface area contributed by atoms with Gasteiger partial charge in [-0.3, -0.25) is 9.79 Å². The van der Waals surface area contributed by atoms with Crippen LogP contribution >= 0.6 is 0 Å². The van der Waals surface area contributed by atoms with E-state index >= 15 is 0 Å². The van der Waals surface area contributed by atoms with E-state index < -0.39 is 11.8 Å². The Morgan fingerprint density at radius 3 is 2.78 bits per heavy atom. The maximum Gasteiger partial charge on any atom is 0.339 e. The number of rotatable bonds is 3. The van der Waals surface area contributed by atoms with Gasteiger partial charge in [0.1, 0.15) is 12.1 Å². The number of carbonyl (C=O) groups is 2. The Morgan fingerprint density at radius 2 is 2.22 bits per heavy atom.